The van der Waals surface area contributed by atoms with Crippen LogP contribution >= 0.6 is 0 Å². The van der Waals surface area contributed by atoms with E-state index in [0.717, 1.165) is 29.0 Å². The highest BCUT2D eigenvalue weighted by Crippen LogP contribution is 2.32. The summed E-state index contributed by atoms with van der Waals surface area (Å²) in [7, 11) is 3.20. The molecular formula is C28H28N2O4. The predicted molar refractivity (Wildman–Crippen MR) is 134 cm³/mol. The van der Waals surface area contributed by atoms with Gasteiger partial charge in [-0.3, -0.25) is 9.59 Å². The Morgan fingerprint density at radius 2 is 1.59 bits per heavy atom. The molecule has 174 valence electrons. The molecule has 1 amide bonds. The number of ketones is 1. The van der Waals surface area contributed by atoms with Crippen molar-refractivity contribution in [3.8, 4) is 11.5 Å². The molecule has 0 saturated heterocycles. The SMILES string of the molecule is COc1cccc(NC(=O)c2ccc(C(=O)C=C3NC(C)(C)Cc4ccc(OC)cc43)cc2)c1. The molecular weight excluding hydrogens is 428 g/mol. The Labute approximate surface area is 199 Å². The van der Waals surface area contributed by atoms with Crippen molar-refractivity contribution in [3.05, 3.63) is 95.1 Å². The van der Waals surface area contributed by atoms with Crippen LogP contribution in [0.2, 0.25) is 0 Å². The molecule has 2 N–H and O–H groups in total. The standard InChI is InChI=1S/C28H28N2O4/c1-28(2)17-20-12-13-23(34-4)15-24(20)25(30-28)16-26(31)18-8-10-19(11-9-18)27(32)29-21-6-5-7-22(14-21)33-3/h5-16,30H,17H2,1-4H3,(H,29,32). The number of rotatable bonds is 6. The molecule has 0 radical (unpaired) electrons. The number of ether oxygens (including phenoxy) is 2. The fourth-order valence-corrected chi connectivity index (χ4v) is 4.06. The van der Waals surface area contributed by atoms with Crippen molar-refractivity contribution in [2.45, 2.75) is 25.8 Å². The van der Waals surface area contributed by atoms with Crippen LogP contribution in [0.4, 0.5) is 5.69 Å². The minimum absolute atomic E-state index is 0.145. The quantitative estimate of drug-likeness (QED) is 0.398. The highest BCUT2D eigenvalue weighted by molar-refractivity contribution is 6.10. The number of amides is 1. The van der Waals surface area contributed by atoms with Gasteiger partial charge in [-0.2, -0.15) is 0 Å². The van der Waals surface area contributed by atoms with Gasteiger partial charge in [0.15, 0.2) is 5.78 Å². The Morgan fingerprint density at radius 3 is 2.29 bits per heavy atom. The molecule has 0 aromatic heterocycles. The number of hydrogen-bond donors (Lipinski definition) is 2. The Bertz CT molecular complexity index is 1260. The van der Waals surface area contributed by atoms with Crippen molar-refractivity contribution in [3.63, 3.8) is 0 Å². The second-order valence-electron chi connectivity index (χ2n) is 8.89. The summed E-state index contributed by atoms with van der Waals surface area (Å²) in [6.45, 7) is 4.21. The van der Waals surface area contributed by atoms with E-state index in [1.807, 2.05) is 18.2 Å². The van der Waals surface area contributed by atoms with E-state index in [2.05, 4.69) is 24.5 Å². The predicted octanol–water partition coefficient (Wildman–Crippen LogP) is 5.10. The fraction of sp³-hybridized carbons (Fsp3) is 0.214. The van der Waals surface area contributed by atoms with Crippen LogP contribution in [0.1, 0.15) is 45.7 Å². The highest BCUT2D eigenvalue weighted by Gasteiger charge is 2.28. The molecule has 0 unspecified atom stereocenters. The van der Waals surface area contributed by atoms with Crippen LogP contribution in [0.25, 0.3) is 5.70 Å². The summed E-state index contributed by atoms with van der Waals surface area (Å²) >= 11 is 0. The first-order valence-electron chi connectivity index (χ1n) is 11.0. The third-order valence-corrected chi connectivity index (χ3v) is 5.75. The molecule has 0 aliphatic carbocycles. The summed E-state index contributed by atoms with van der Waals surface area (Å²) in [5.74, 6) is 0.992. The van der Waals surface area contributed by atoms with Gasteiger partial charge in [0.05, 0.1) is 14.2 Å². The molecule has 1 heterocycles. The van der Waals surface area contributed by atoms with Crippen LogP contribution < -0.4 is 20.1 Å². The van der Waals surface area contributed by atoms with Crippen LogP contribution in [0.15, 0.2) is 72.8 Å². The summed E-state index contributed by atoms with van der Waals surface area (Å²) in [6, 6.07) is 19.7. The molecule has 3 aromatic carbocycles. The van der Waals surface area contributed by atoms with Gasteiger partial charge in [-0.1, -0.05) is 24.3 Å². The molecule has 4 rings (SSSR count). The second-order valence-corrected chi connectivity index (χ2v) is 8.89. The van der Waals surface area contributed by atoms with Crippen LogP contribution in [0.5, 0.6) is 11.5 Å². The Balaban J connectivity index is 1.54. The lowest BCUT2D eigenvalue weighted by molar-refractivity contribution is 0.102. The molecule has 6 nitrogen and oxygen atoms in total. The Kier molecular flexibility index (Phi) is 6.41. The molecule has 1 aliphatic heterocycles. The number of allylic oxidation sites excluding steroid dienone is 1. The van der Waals surface area contributed by atoms with E-state index in [1.165, 1.54) is 0 Å². The minimum Gasteiger partial charge on any atom is -0.497 e. The van der Waals surface area contributed by atoms with E-state index >= 15 is 0 Å². The van der Waals surface area contributed by atoms with Gasteiger partial charge in [-0.25, -0.2) is 0 Å². The average Bonchev–Trinajstić information content (AvgIpc) is 2.83. The molecule has 0 spiro atoms. The summed E-state index contributed by atoms with van der Waals surface area (Å²) in [6.07, 6.45) is 2.46. The van der Waals surface area contributed by atoms with E-state index in [0.29, 0.717) is 22.6 Å². The number of carbonyl (C=O) groups is 2. The van der Waals surface area contributed by atoms with E-state index in [-0.39, 0.29) is 17.2 Å². The summed E-state index contributed by atoms with van der Waals surface area (Å²) in [4.78, 5) is 25.7. The van der Waals surface area contributed by atoms with Gasteiger partial charge in [0, 0.05) is 45.8 Å². The van der Waals surface area contributed by atoms with Crippen LogP contribution in [-0.4, -0.2) is 31.4 Å². The lowest BCUT2D eigenvalue weighted by atomic mass is 9.85. The van der Waals surface area contributed by atoms with Gasteiger partial charge < -0.3 is 20.1 Å². The van der Waals surface area contributed by atoms with Crippen molar-refractivity contribution in [2.75, 3.05) is 19.5 Å². The number of benzene rings is 3. The smallest absolute Gasteiger partial charge is 0.255 e. The lowest BCUT2D eigenvalue weighted by Crippen LogP contribution is -2.43. The fourth-order valence-electron chi connectivity index (χ4n) is 4.06. The normalized spacial score (nSPS) is 15.1. The number of hydrogen-bond acceptors (Lipinski definition) is 5. The van der Waals surface area contributed by atoms with Crippen molar-refractivity contribution >= 4 is 23.1 Å². The van der Waals surface area contributed by atoms with Crippen LogP contribution in [0, 0.1) is 0 Å². The van der Waals surface area contributed by atoms with Crippen molar-refractivity contribution < 1.29 is 19.1 Å². The molecule has 0 fully saturated rings. The second kappa shape index (κ2) is 9.43. The van der Waals surface area contributed by atoms with Gasteiger partial charge in [-0.15, -0.1) is 0 Å². The third kappa shape index (κ3) is 5.12. The third-order valence-electron chi connectivity index (χ3n) is 5.75. The first-order valence-corrected chi connectivity index (χ1v) is 11.0. The average molecular weight is 457 g/mol. The monoisotopic (exact) mass is 456 g/mol. The van der Waals surface area contributed by atoms with Crippen molar-refractivity contribution in [1.82, 2.24) is 5.32 Å². The zero-order valence-electron chi connectivity index (χ0n) is 19.8. The first-order chi connectivity index (χ1) is 16.3. The van der Waals surface area contributed by atoms with Crippen molar-refractivity contribution in [2.24, 2.45) is 0 Å². The molecule has 0 bridgehead atoms. The van der Waals surface area contributed by atoms with Gasteiger partial charge in [-0.05, 0) is 62.2 Å². The lowest BCUT2D eigenvalue weighted by Gasteiger charge is -2.35. The Hall–Kier alpha value is -4.06. The maximum absolute atomic E-state index is 13.1. The van der Waals surface area contributed by atoms with E-state index in [1.54, 1.807) is 68.8 Å². The molecule has 34 heavy (non-hydrogen) atoms. The molecule has 6 heteroatoms. The van der Waals surface area contributed by atoms with Crippen molar-refractivity contribution in [1.29, 1.82) is 0 Å². The highest BCUT2D eigenvalue weighted by atomic mass is 16.5. The topological polar surface area (TPSA) is 76.7 Å². The molecule has 3 aromatic rings. The van der Waals surface area contributed by atoms with Crippen LogP contribution in [0.3, 0.4) is 0 Å². The zero-order chi connectivity index (χ0) is 24.3. The summed E-state index contributed by atoms with van der Waals surface area (Å²) in [5.41, 5.74) is 4.29. The van der Waals surface area contributed by atoms with Gasteiger partial charge >= 0.3 is 0 Å². The zero-order valence-corrected chi connectivity index (χ0v) is 19.8. The van der Waals surface area contributed by atoms with Gasteiger partial charge in [0.25, 0.3) is 5.91 Å². The summed E-state index contributed by atoms with van der Waals surface area (Å²) < 4.78 is 10.6. The molecule has 0 saturated carbocycles. The molecule has 0 atom stereocenters. The van der Waals surface area contributed by atoms with Crippen LogP contribution in [-0.2, 0) is 6.42 Å². The maximum Gasteiger partial charge on any atom is 0.255 e. The minimum atomic E-state index is -0.262. The first kappa shape index (κ1) is 23.1. The van der Waals surface area contributed by atoms with E-state index in [9.17, 15) is 9.59 Å². The number of anilines is 1. The number of methoxy groups -OCH3 is 2. The molecule has 1 aliphatic rings. The Morgan fingerprint density at radius 1 is 0.912 bits per heavy atom. The number of fused-ring (bicyclic) bond motifs is 1. The van der Waals surface area contributed by atoms with Gasteiger partial charge in [0.1, 0.15) is 11.5 Å². The summed E-state index contributed by atoms with van der Waals surface area (Å²) in [5, 5.41) is 6.32. The van der Waals surface area contributed by atoms with Gasteiger partial charge in [0.2, 0.25) is 0 Å². The number of nitrogens with one attached hydrogen (secondary N) is 2. The largest absolute Gasteiger partial charge is 0.497 e. The maximum atomic E-state index is 13.1. The van der Waals surface area contributed by atoms with E-state index in [4.69, 9.17) is 9.47 Å². The number of carbonyl (C=O) groups excluding carboxylic acids is 2. The van der Waals surface area contributed by atoms with E-state index < -0.39 is 0 Å².